The monoisotopic (exact) mass is 278 g/mol. The van der Waals surface area contributed by atoms with E-state index < -0.39 is 17.9 Å². The Hall–Kier alpha value is -2.08. The smallest absolute Gasteiger partial charge is 0.328 e. The van der Waals surface area contributed by atoms with E-state index in [1.54, 1.807) is 6.07 Å². The fourth-order valence-electron chi connectivity index (χ4n) is 2.20. The first kappa shape index (κ1) is 14.3. The fraction of sp³-hybridized carbons (Fsp3) is 0.429. The number of nitrogens with one attached hydrogen (secondary N) is 2. The molecule has 0 bridgehead atoms. The molecule has 0 aromatic heterocycles. The minimum Gasteiger partial charge on any atom is -0.480 e. The molecule has 0 saturated heterocycles. The van der Waals surface area contributed by atoms with E-state index in [1.165, 1.54) is 7.11 Å². The van der Waals surface area contributed by atoms with Gasteiger partial charge in [0, 0.05) is 24.9 Å². The lowest BCUT2D eigenvalue weighted by Gasteiger charge is -2.19. The molecule has 0 fully saturated rings. The zero-order valence-corrected chi connectivity index (χ0v) is 11.3. The number of amides is 1. The minimum absolute atomic E-state index is 0.0619. The highest BCUT2D eigenvalue weighted by Gasteiger charge is 2.21. The molecule has 2 rings (SSSR count). The first-order chi connectivity index (χ1) is 9.61. The standard InChI is InChI=1S/C14H18N2O4/c1-20-8-12(14(18)19)16-13(17)10-4-5-11-9(7-10)3-2-6-15-11/h4-5,7,12,15H,2-3,6,8H2,1H3,(H,16,17)(H,18,19). The van der Waals surface area contributed by atoms with Crippen LogP contribution < -0.4 is 10.6 Å². The molecule has 1 aliphatic rings. The number of hydrogen-bond donors (Lipinski definition) is 3. The Morgan fingerprint density at radius 3 is 3.00 bits per heavy atom. The molecular weight excluding hydrogens is 260 g/mol. The Labute approximate surface area is 117 Å². The van der Waals surface area contributed by atoms with Gasteiger partial charge in [-0.1, -0.05) is 0 Å². The number of aliphatic carboxylic acids is 1. The molecule has 0 aliphatic carbocycles. The number of carboxylic acids is 1. The predicted molar refractivity (Wildman–Crippen MR) is 74.0 cm³/mol. The van der Waals surface area contributed by atoms with Crippen molar-refractivity contribution in [1.82, 2.24) is 5.32 Å². The van der Waals surface area contributed by atoms with Crippen LogP contribution in [0.4, 0.5) is 5.69 Å². The number of carbonyl (C=O) groups is 2. The van der Waals surface area contributed by atoms with E-state index in [2.05, 4.69) is 10.6 Å². The summed E-state index contributed by atoms with van der Waals surface area (Å²) in [4.78, 5) is 23.1. The van der Waals surface area contributed by atoms with Crippen molar-refractivity contribution in [1.29, 1.82) is 0 Å². The third-order valence-electron chi connectivity index (χ3n) is 3.24. The summed E-state index contributed by atoms with van der Waals surface area (Å²) in [6.45, 7) is 0.876. The minimum atomic E-state index is -1.11. The summed E-state index contributed by atoms with van der Waals surface area (Å²) in [5, 5.41) is 14.7. The molecule has 6 nitrogen and oxygen atoms in total. The molecule has 1 atom stereocenters. The number of anilines is 1. The van der Waals surface area contributed by atoms with Gasteiger partial charge in [-0.3, -0.25) is 4.79 Å². The Morgan fingerprint density at radius 1 is 1.50 bits per heavy atom. The van der Waals surface area contributed by atoms with Crippen LogP contribution in [0.1, 0.15) is 22.3 Å². The van der Waals surface area contributed by atoms with Gasteiger partial charge in [-0.25, -0.2) is 4.79 Å². The molecule has 1 aliphatic heterocycles. The Bertz CT molecular complexity index is 516. The summed E-state index contributed by atoms with van der Waals surface area (Å²) in [5.74, 6) is -1.51. The molecule has 20 heavy (non-hydrogen) atoms. The summed E-state index contributed by atoms with van der Waals surface area (Å²) >= 11 is 0. The van der Waals surface area contributed by atoms with Gasteiger partial charge in [0.25, 0.3) is 5.91 Å². The van der Waals surface area contributed by atoms with Gasteiger partial charge < -0.3 is 20.5 Å². The summed E-state index contributed by atoms with van der Waals surface area (Å²) < 4.78 is 4.79. The molecule has 1 aromatic carbocycles. The van der Waals surface area contributed by atoms with Crippen molar-refractivity contribution >= 4 is 17.6 Å². The van der Waals surface area contributed by atoms with Crippen molar-refractivity contribution in [3.63, 3.8) is 0 Å². The van der Waals surface area contributed by atoms with E-state index >= 15 is 0 Å². The first-order valence-corrected chi connectivity index (χ1v) is 6.51. The number of carboxylic acid groups (broad SMARTS) is 1. The number of carbonyl (C=O) groups excluding carboxylic acids is 1. The molecule has 0 radical (unpaired) electrons. The van der Waals surface area contributed by atoms with Gasteiger partial charge in [0.15, 0.2) is 6.04 Å². The van der Waals surface area contributed by atoms with Crippen LogP contribution in [0.5, 0.6) is 0 Å². The number of ether oxygens (including phenoxy) is 1. The van der Waals surface area contributed by atoms with Crippen LogP contribution in [0, 0.1) is 0 Å². The van der Waals surface area contributed by atoms with E-state index in [9.17, 15) is 9.59 Å². The molecular formula is C14H18N2O4. The van der Waals surface area contributed by atoms with Crippen molar-refractivity contribution in [3.8, 4) is 0 Å². The van der Waals surface area contributed by atoms with E-state index in [0.29, 0.717) is 5.56 Å². The highest BCUT2D eigenvalue weighted by atomic mass is 16.5. The van der Waals surface area contributed by atoms with Crippen LogP contribution in [0.2, 0.25) is 0 Å². The lowest BCUT2D eigenvalue weighted by atomic mass is 10.0. The van der Waals surface area contributed by atoms with Gasteiger partial charge in [-0.05, 0) is 36.6 Å². The topological polar surface area (TPSA) is 87.7 Å². The molecule has 6 heteroatoms. The summed E-state index contributed by atoms with van der Waals surface area (Å²) in [6.07, 6.45) is 1.95. The zero-order chi connectivity index (χ0) is 14.5. The van der Waals surface area contributed by atoms with Gasteiger partial charge in [0.1, 0.15) is 0 Å². The highest BCUT2D eigenvalue weighted by Crippen LogP contribution is 2.22. The van der Waals surface area contributed by atoms with Crippen molar-refractivity contribution in [3.05, 3.63) is 29.3 Å². The summed E-state index contributed by atoms with van der Waals surface area (Å²) in [5.41, 5.74) is 2.59. The van der Waals surface area contributed by atoms with E-state index in [4.69, 9.17) is 9.84 Å². The van der Waals surface area contributed by atoms with Crippen molar-refractivity contribution in [2.24, 2.45) is 0 Å². The molecule has 1 unspecified atom stereocenters. The van der Waals surface area contributed by atoms with Gasteiger partial charge in [0.2, 0.25) is 0 Å². The number of rotatable bonds is 5. The van der Waals surface area contributed by atoms with E-state index in [1.807, 2.05) is 12.1 Å². The first-order valence-electron chi connectivity index (χ1n) is 6.51. The lowest BCUT2D eigenvalue weighted by molar-refractivity contribution is -0.140. The van der Waals surface area contributed by atoms with Crippen LogP contribution in [-0.4, -0.2) is 43.3 Å². The maximum Gasteiger partial charge on any atom is 0.328 e. The SMILES string of the molecule is COCC(NC(=O)c1ccc2c(c1)CCCN2)C(=O)O. The zero-order valence-electron chi connectivity index (χ0n) is 11.3. The van der Waals surface area contributed by atoms with Crippen LogP contribution in [-0.2, 0) is 16.0 Å². The third-order valence-corrected chi connectivity index (χ3v) is 3.24. The summed E-state index contributed by atoms with van der Waals surface area (Å²) in [7, 11) is 1.40. The average Bonchev–Trinajstić information content (AvgIpc) is 2.46. The van der Waals surface area contributed by atoms with Gasteiger partial charge in [-0.15, -0.1) is 0 Å². The van der Waals surface area contributed by atoms with Crippen molar-refractivity contribution < 1.29 is 19.4 Å². The summed E-state index contributed by atoms with van der Waals surface area (Å²) in [6, 6.07) is 4.32. The van der Waals surface area contributed by atoms with Crippen LogP contribution >= 0.6 is 0 Å². The van der Waals surface area contributed by atoms with Crippen LogP contribution in [0.3, 0.4) is 0 Å². The molecule has 0 saturated carbocycles. The van der Waals surface area contributed by atoms with Crippen LogP contribution in [0.15, 0.2) is 18.2 Å². The number of aryl methyl sites for hydroxylation is 1. The second-order valence-corrected chi connectivity index (χ2v) is 4.72. The largest absolute Gasteiger partial charge is 0.480 e. The molecule has 0 spiro atoms. The molecule has 108 valence electrons. The maximum atomic E-state index is 12.1. The normalized spacial score (nSPS) is 14.8. The van der Waals surface area contributed by atoms with Gasteiger partial charge in [0.05, 0.1) is 6.61 Å². The Morgan fingerprint density at radius 2 is 2.30 bits per heavy atom. The Kier molecular flexibility index (Phi) is 4.57. The van der Waals surface area contributed by atoms with Crippen molar-refractivity contribution in [2.45, 2.75) is 18.9 Å². The number of hydrogen-bond acceptors (Lipinski definition) is 4. The lowest BCUT2D eigenvalue weighted by Crippen LogP contribution is -2.43. The highest BCUT2D eigenvalue weighted by molar-refractivity contribution is 5.97. The number of benzene rings is 1. The van der Waals surface area contributed by atoms with Crippen molar-refractivity contribution in [2.75, 3.05) is 25.6 Å². The average molecular weight is 278 g/mol. The molecule has 1 amide bonds. The predicted octanol–water partition coefficient (Wildman–Crippen LogP) is 0.874. The second-order valence-electron chi connectivity index (χ2n) is 4.72. The van der Waals surface area contributed by atoms with Gasteiger partial charge >= 0.3 is 5.97 Å². The van der Waals surface area contributed by atoms with Gasteiger partial charge in [-0.2, -0.15) is 0 Å². The second kappa shape index (κ2) is 6.38. The maximum absolute atomic E-state index is 12.1. The number of methoxy groups -OCH3 is 1. The Balaban J connectivity index is 2.10. The van der Waals surface area contributed by atoms with Crippen LogP contribution in [0.25, 0.3) is 0 Å². The quantitative estimate of drug-likeness (QED) is 0.744. The molecule has 1 aromatic rings. The molecule has 3 N–H and O–H groups in total. The number of fused-ring (bicyclic) bond motifs is 1. The third kappa shape index (κ3) is 3.27. The molecule has 1 heterocycles. The van der Waals surface area contributed by atoms with E-state index in [0.717, 1.165) is 30.6 Å². The van der Waals surface area contributed by atoms with E-state index in [-0.39, 0.29) is 6.61 Å². The fourth-order valence-corrected chi connectivity index (χ4v) is 2.20.